The van der Waals surface area contributed by atoms with E-state index in [-0.39, 0.29) is 22.1 Å². The average molecular weight is 1980 g/mol. The fourth-order valence-electron chi connectivity index (χ4n) is 12.7. The number of halogens is 8. The molecule has 6 aromatic heterocycles. The molecule has 1 aliphatic carbocycles. The van der Waals surface area contributed by atoms with E-state index in [4.69, 9.17) is 23.4 Å². The average Bonchev–Trinajstić information content (AvgIpc) is 1.59. The molecule has 2 aliphatic heterocycles. The van der Waals surface area contributed by atoms with Crippen LogP contribution in [0.2, 0.25) is 0 Å². The number of ether oxygens (including phenoxy) is 1. The summed E-state index contributed by atoms with van der Waals surface area (Å²) in [5.41, 5.74) is 2.33. The predicted molar refractivity (Wildman–Crippen MR) is 480 cm³/mol. The lowest BCUT2D eigenvalue weighted by molar-refractivity contribution is 0.00578. The number of aromatic amines is 1. The summed E-state index contributed by atoms with van der Waals surface area (Å²) in [5.74, 6) is 1.09. The van der Waals surface area contributed by atoms with Gasteiger partial charge >= 0.3 is 20.2 Å². The summed E-state index contributed by atoms with van der Waals surface area (Å²) in [5, 5.41) is 25.7. The standard InChI is InChI=1S/C29H24IN3O4S.2C15H19BFN3O2.C9H7BrFN3.C8H18N2.C6H3Br2F.C3H5N3/c1-37-29(34)25-18-31-28(32(19-21-11-5-2-6-12-21)20-22-13-7-3-8-14-22)27-24(25)17-26(30)33(27)38(35,36)23-15-9-4-10-16-23;2*1-10-18-9-20(19-10)12-8-6-7-11(13(12)17)16-21-14(2,3)15(4,5)22-16;1-6-12-5-14(13-6)8-4-2-3-7(10)9(8)11;1-9-7-5-3-4-6-8(7)10-2;7-4-2-1-3-5(8)6(4)9;1-3-4-2-5-6-3/h2-18H,19-20H2,1H3;2*6-9H,1-5H3;2-5H,1H3;7-10H,3-6H2,1-2H3;1-3H;2H,1H3,(H,4,5,6)/t;;;;7-,8-;;/m....1../s1. The maximum absolute atomic E-state index is 14.9. The third-order valence-electron chi connectivity index (χ3n) is 20.6. The van der Waals surface area contributed by atoms with E-state index in [1.54, 1.807) is 130 Å². The molecule has 8 heterocycles. The van der Waals surface area contributed by atoms with Crippen LogP contribution in [0.25, 0.3) is 28.0 Å². The molecule has 7 aromatic carbocycles. The summed E-state index contributed by atoms with van der Waals surface area (Å²) in [6, 6.07) is 51.4. The van der Waals surface area contributed by atoms with Crippen LogP contribution >= 0.6 is 70.4 Å². The Bertz CT molecular complexity index is 5500. The number of fused-ring (bicyclic) bond motifs is 1. The van der Waals surface area contributed by atoms with Gasteiger partial charge in [0.1, 0.15) is 82.8 Å². The molecule has 2 saturated heterocycles. The third-order valence-corrected chi connectivity index (χ3v) is 25.3. The largest absolute Gasteiger partial charge is 0.497 e. The molecule has 0 unspecified atom stereocenters. The van der Waals surface area contributed by atoms with Crippen LogP contribution < -0.4 is 26.5 Å². The molecule has 0 bridgehead atoms. The molecule has 636 valence electrons. The smallest absolute Gasteiger partial charge is 0.465 e. The highest BCUT2D eigenvalue weighted by molar-refractivity contribution is 14.1. The molecule has 1 saturated carbocycles. The van der Waals surface area contributed by atoms with E-state index < -0.39 is 64.3 Å². The monoisotopic (exact) mass is 1980 g/mol. The second-order valence-corrected chi connectivity index (χ2v) is 35.6. The minimum Gasteiger partial charge on any atom is -0.465 e. The molecule has 0 spiro atoms. The number of nitrogens with zero attached hydrogens (tertiary/aromatic N) is 14. The Morgan fingerprint density at radius 1 is 0.554 bits per heavy atom. The zero-order valence-electron chi connectivity index (χ0n) is 69.6. The van der Waals surface area contributed by atoms with Gasteiger partial charge in [-0.2, -0.15) is 20.4 Å². The van der Waals surface area contributed by atoms with E-state index in [0.717, 1.165) is 17.0 Å². The highest BCUT2D eigenvalue weighted by atomic mass is 127. The Morgan fingerprint density at radius 3 is 1.30 bits per heavy atom. The van der Waals surface area contributed by atoms with Gasteiger partial charge in [-0.15, -0.1) is 0 Å². The zero-order valence-corrected chi connectivity index (χ0v) is 77.3. The van der Waals surface area contributed by atoms with Crippen molar-refractivity contribution in [3.63, 3.8) is 0 Å². The number of esters is 1. The third kappa shape index (κ3) is 23.4. The first-order chi connectivity index (χ1) is 57.5. The van der Waals surface area contributed by atoms with Crippen molar-refractivity contribution in [3.8, 4) is 17.1 Å². The Balaban J connectivity index is 0.000000160. The molecule has 13 aromatic rings. The van der Waals surface area contributed by atoms with Crippen LogP contribution in [0.3, 0.4) is 0 Å². The second-order valence-electron chi connectivity index (χ2n) is 30.1. The maximum atomic E-state index is 14.9. The first kappa shape index (κ1) is 94.0. The highest BCUT2D eigenvalue weighted by Gasteiger charge is 2.54. The van der Waals surface area contributed by atoms with Crippen LogP contribution in [0.5, 0.6) is 0 Å². The van der Waals surface area contributed by atoms with Gasteiger partial charge in [-0.05, 0) is 246 Å². The molecule has 3 aliphatic rings. The normalized spacial score (nSPS) is 15.9. The van der Waals surface area contributed by atoms with Crippen LogP contribution in [0.4, 0.5) is 23.4 Å². The number of carbonyl (C=O) groups is 1. The molecule has 3 N–H and O–H groups in total. The lowest BCUT2D eigenvalue weighted by Crippen LogP contribution is -2.47. The summed E-state index contributed by atoms with van der Waals surface area (Å²) < 4.78 is 120. The van der Waals surface area contributed by atoms with E-state index in [0.29, 0.717) is 104 Å². The molecule has 0 radical (unpaired) electrons. The van der Waals surface area contributed by atoms with Crippen molar-refractivity contribution in [2.75, 3.05) is 26.1 Å². The number of methoxy groups -OCH3 is 1. The maximum Gasteiger partial charge on any atom is 0.497 e. The number of hydrogen-bond acceptors (Lipinski definition) is 20. The summed E-state index contributed by atoms with van der Waals surface area (Å²) in [4.78, 5) is 35.3. The number of benzene rings is 7. The number of aryl methyl sites for hydroxylation is 4. The van der Waals surface area contributed by atoms with Gasteiger partial charge in [-0.3, -0.25) is 5.10 Å². The topological polar surface area (TPSA) is 276 Å². The van der Waals surface area contributed by atoms with E-state index in [1.165, 1.54) is 82.3 Å². The van der Waals surface area contributed by atoms with Crippen molar-refractivity contribution in [1.29, 1.82) is 0 Å². The molecule has 25 nitrogen and oxygen atoms in total. The summed E-state index contributed by atoms with van der Waals surface area (Å²) >= 11 is 11.2. The van der Waals surface area contributed by atoms with Crippen molar-refractivity contribution < 1.29 is 54.1 Å². The molecule has 121 heavy (non-hydrogen) atoms. The van der Waals surface area contributed by atoms with Gasteiger partial charge < -0.3 is 38.9 Å². The Labute approximate surface area is 741 Å². The fraction of sp³-hybridized carbons (Fsp3) is 0.318. The summed E-state index contributed by atoms with van der Waals surface area (Å²) in [6.07, 6.45) is 12.9. The first-order valence-corrected chi connectivity index (χ1v) is 43.5. The second kappa shape index (κ2) is 41.8. The number of anilines is 1. The van der Waals surface area contributed by atoms with Crippen molar-refractivity contribution in [3.05, 3.63) is 282 Å². The van der Waals surface area contributed by atoms with Crippen molar-refractivity contribution >= 4 is 128 Å². The predicted octanol–water partition coefficient (Wildman–Crippen LogP) is 16.6. The molecule has 16 rings (SSSR count). The highest BCUT2D eigenvalue weighted by Crippen LogP contribution is 2.40. The molecule has 3 fully saturated rings. The number of likely N-dealkylation sites (N-methyl/N-ethyl adjacent to an activating group) is 2. The molecular weight excluding hydrogens is 1880 g/mol. The van der Waals surface area contributed by atoms with E-state index in [9.17, 15) is 30.8 Å². The number of rotatable bonds is 15. The van der Waals surface area contributed by atoms with Crippen LogP contribution in [0, 0.1) is 54.7 Å². The fourth-order valence-corrected chi connectivity index (χ4v) is 16.8. The molecule has 0 amide bonds. The van der Waals surface area contributed by atoms with Crippen LogP contribution in [-0.2, 0) is 46.5 Å². The number of hydrogen-bond donors (Lipinski definition) is 3. The molecule has 2 atom stereocenters. The van der Waals surface area contributed by atoms with E-state index >= 15 is 0 Å². The van der Waals surface area contributed by atoms with E-state index in [1.807, 2.05) is 150 Å². The number of H-pyrrole nitrogens is 1. The summed E-state index contributed by atoms with van der Waals surface area (Å²) in [7, 11) is -0.0904. The van der Waals surface area contributed by atoms with Crippen LogP contribution in [-0.4, -0.2) is 153 Å². The minimum atomic E-state index is -4.01. The van der Waals surface area contributed by atoms with Gasteiger partial charge in [0.2, 0.25) is 0 Å². The van der Waals surface area contributed by atoms with Gasteiger partial charge in [0, 0.05) is 47.7 Å². The van der Waals surface area contributed by atoms with Gasteiger partial charge in [0.25, 0.3) is 10.0 Å². The lowest BCUT2D eigenvalue weighted by atomic mass is 9.78. The van der Waals surface area contributed by atoms with Crippen LogP contribution in [0.15, 0.2) is 220 Å². The molecular formula is C85H95B2Br3F4IN17O8S. The molecule has 36 heteroatoms. The lowest BCUT2D eigenvalue weighted by Gasteiger charge is -2.32. The Kier molecular flexibility index (Phi) is 32.5. The quantitative estimate of drug-likeness (QED) is 0.0283. The van der Waals surface area contributed by atoms with E-state index in [2.05, 4.69) is 123 Å². The van der Waals surface area contributed by atoms with Gasteiger partial charge in [0.05, 0.1) is 57.1 Å². The first-order valence-electron chi connectivity index (χ1n) is 38.6. The summed E-state index contributed by atoms with van der Waals surface area (Å²) in [6.45, 7) is 23.6. The van der Waals surface area contributed by atoms with Crippen molar-refractivity contribution in [2.45, 2.75) is 161 Å². The van der Waals surface area contributed by atoms with Gasteiger partial charge in [-0.25, -0.2) is 73.7 Å². The number of carbonyl (C=O) groups excluding carboxylic acids is 1. The number of pyridine rings is 1. The zero-order chi connectivity index (χ0) is 87.7. The SMILES string of the molecule is CN[C@@H]1CCCC[C@H]1NC.COC(=O)c1cnc(N(Cc2ccccc2)Cc2ccccc2)c2c1cc(I)n2S(=O)(=O)c1ccccc1.Cc1ncn(-c2cccc(B3OC(C)(C)C(C)(C)O3)c2F)n1.Cc1ncn(-c2cccc(B3OC(C)(C)C(C)(C)O3)c2F)n1.Cc1ncn(-c2cccc(Br)c2F)n1.Cc1ncn[nH]1.Fc1c(Br)cccc1Br. The Morgan fingerprint density at radius 2 is 0.942 bits per heavy atom. The minimum absolute atomic E-state index is 0.141. The number of nitrogens with one attached hydrogen (secondary N) is 3. The van der Waals surface area contributed by atoms with Crippen molar-refractivity contribution in [1.82, 2.24) is 79.1 Å². The number of aromatic nitrogens is 14. The van der Waals surface area contributed by atoms with Gasteiger partial charge in [0.15, 0.2) is 17.5 Å². The van der Waals surface area contributed by atoms with Crippen LogP contribution in [0.1, 0.15) is 126 Å². The van der Waals surface area contributed by atoms with Crippen molar-refractivity contribution in [2.24, 2.45) is 0 Å². The Hall–Kier alpha value is -9.21. The van der Waals surface area contributed by atoms with Gasteiger partial charge in [-0.1, -0.05) is 128 Å².